The van der Waals surface area contributed by atoms with Crippen LogP contribution in [0.3, 0.4) is 0 Å². The van der Waals surface area contributed by atoms with Crippen molar-refractivity contribution in [2.24, 2.45) is 0 Å². The average Bonchev–Trinajstić information content (AvgIpc) is 2.46. The van der Waals surface area contributed by atoms with E-state index in [0.29, 0.717) is 12.8 Å². The second-order valence-corrected chi connectivity index (χ2v) is 6.94. The largest absolute Gasteiger partial charge is 0.269 e. The predicted molar refractivity (Wildman–Crippen MR) is 81.6 cm³/mol. The van der Waals surface area contributed by atoms with Crippen molar-refractivity contribution in [1.29, 1.82) is 0 Å². The van der Waals surface area contributed by atoms with Crippen LogP contribution >= 0.6 is 0 Å². The van der Waals surface area contributed by atoms with Crippen LogP contribution in [-0.2, 0) is 10.0 Å². The predicted octanol–water partition coefficient (Wildman–Crippen LogP) is 3.18. The van der Waals surface area contributed by atoms with E-state index >= 15 is 0 Å². The fraction of sp³-hybridized carbons (Fsp3) is 0.571. The Hall–Kier alpha value is -1.47. The number of benzene rings is 1. The Bertz CT molecular complexity index is 573. The molecule has 0 saturated carbocycles. The fourth-order valence-electron chi connectivity index (χ4n) is 2.13. The summed E-state index contributed by atoms with van der Waals surface area (Å²) < 4.78 is 27.0. The van der Waals surface area contributed by atoms with E-state index in [-0.39, 0.29) is 22.7 Å². The number of nitro groups is 1. The molecule has 0 aromatic heterocycles. The monoisotopic (exact) mass is 314 g/mol. The molecule has 7 heteroatoms. The molecular weight excluding hydrogens is 292 g/mol. The molecular formula is C14H22N2O4S. The van der Waals surface area contributed by atoms with Gasteiger partial charge >= 0.3 is 0 Å². The molecule has 0 fully saturated rings. The number of sulfonamides is 1. The summed E-state index contributed by atoms with van der Waals surface area (Å²) >= 11 is 0. The Labute approximate surface area is 126 Å². The number of hydrogen-bond acceptors (Lipinski definition) is 4. The van der Waals surface area contributed by atoms with E-state index in [1.54, 1.807) is 0 Å². The fourth-order valence-corrected chi connectivity index (χ4v) is 4.10. The third-order valence-corrected chi connectivity index (χ3v) is 5.82. The van der Waals surface area contributed by atoms with E-state index in [4.69, 9.17) is 0 Å². The van der Waals surface area contributed by atoms with Gasteiger partial charge < -0.3 is 0 Å². The van der Waals surface area contributed by atoms with Crippen LogP contribution in [0.15, 0.2) is 29.2 Å². The molecule has 0 aliphatic heterocycles. The molecule has 1 rings (SSSR count). The smallest absolute Gasteiger partial charge is 0.258 e. The summed E-state index contributed by atoms with van der Waals surface area (Å²) in [5.74, 6) is 0. The van der Waals surface area contributed by atoms with Gasteiger partial charge in [-0.25, -0.2) is 8.42 Å². The van der Waals surface area contributed by atoms with Crippen molar-refractivity contribution in [2.75, 3.05) is 0 Å². The number of nitro benzene ring substituents is 1. The minimum absolute atomic E-state index is 0.0914. The van der Waals surface area contributed by atoms with E-state index < -0.39 is 14.9 Å². The van der Waals surface area contributed by atoms with Gasteiger partial charge in [-0.05, 0) is 38.8 Å². The number of nitrogens with zero attached hydrogens (tertiary/aromatic N) is 2. The Morgan fingerprint density at radius 3 is 1.86 bits per heavy atom. The van der Waals surface area contributed by atoms with Gasteiger partial charge in [0.25, 0.3) is 5.69 Å². The zero-order chi connectivity index (χ0) is 16.2. The molecule has 21 heavy (non-hydrogen) atoms. The van der Waals surface area contributed by atoms with Crippen LogP contribution in [0.25, 0.3) is 0 Å². The lowest BCUT2D eigenvalue weighted by Crippen LogP contribution is -2.44. The zero-order valence-electron chi connectivity index (χ0n) is 12.8. The van der Waals surface area contributed by atoms with E-state index in [0.717, 1.165) is 0 Å². The third-order valence-electron chi connectivity index (χ3n) is 3.67. The first-order valence-corrected chi connectivity index (χ1v) is 8.47. The van der Waals surface area contributed by atoms with Crippen molar-refractivity contribution in [3.8, 4) is 0 Å². The first kappa shape index (κ1) is 17.6. The van der Waals surface area contributed by atoms with Gasteiger partial charge in [-0.15, -0.1) is 0 Å². The third kappa shape index (κ3) is 3.79. The molecule has 0 spiro atoms. The maximum absolute atomic E-state index is 12.8. The lowest BCUT2D eigenvalue weighted by molar-refractivity contribution is -0.384. The van der Waals surface area contributed by atoms with Crippen LogP contribution in [0.2, 0.25) is 0 Å². The van der Waals surface area contributed by atoms with Crippen molar-refractivity contribution < 1.29 is 13.3 Å². The Kier molecular flexibility index (Phi) is 5.86. The molecule has 0 N–H and O–H groups in total. The minimum Gasteiger partial charge on any atom is -0.258 e. The molecule has 0 bridgehead atoms. The normalized spacial score (nSPS) is 14.9. The molecule has 0 aliphatic carbocycles. The molecule has 1 aromatic carbocycles. The Morgan fingerprint density at radius 1 is 1.10 bits per heavy atom. The van der Waals surface area contributed by atoms with Gasteiger partial charge in [0.1, 0.15) is 0 Å². The highest BCUT2D eigenvalue weighted by Crippen LogP contribution is 2.25. The maximum Gasteiger partial charge on any atom is 0.269 e. The van der Waals surface area contributed by atoms with Gasteiger partial charge in [0.05, 0.1) is 9.82 Å². The van der Waals surface area contributed by atoms with Gasteiger partial charge in [-0.3, -0.25) is 10.1 Å². The minimum atomic E-state index is -3.66. The highest BCUT2D eigenvalue weighted by molar-refractivity contribution is 7.89. The summed E-state index contributed by atoms with van der Waals surface area (Å²) in [6, 6.07) is 4.79. The van der Waals surface area contributed by atoms with Crippen LogP contribution in [0, 0.1) is 10.1 Å². The van der Waals surface area contributed by atoms with Gasteiger partial charge in [-0.1, -0.05) is 13.8 Å². The van der Waals surface area contributed by atoms with Crippen molar-refractivity contribution in [3.63, 3.8) is 0 Å². The lowest BCUT2D eigenvalue weighted by atomic mass is 10.2. The van der Waals surface area contributed by atoms with Crippen molar-refractivity contribution in [1.82, 2.24) is 4.31 Å². The summed E-state index contributed by atoms with van der Waals surface area (Å²) in [7, 11) is -3.66. The molecule has 118 valence electrons. The first-order valence-electron chi connectivity index (χ1n) is 7.03. The van der Waals surface area contributed by atoms with E-state index in [2.05, 4.69) is 0 Å². The topological polar surface area (TPSA) is 80.5 Å². The summed E-state index contributed by atoms with van der Waals surface area (Å²) in [5.41, 5.74) is -0.118. The molecule has 2 atom stereocenters. The van der Waals surface area contributed by atoms with E-state index in [1.165, 1.54) is 28.6 Å². The summed E-state index contributed by atoms with van der Waals surface area (Å²) in [6.07, 6.45) is 1.41. The lowest BCUT2D eigenvalue weighted by Gasteiger charge is -2.32. The van der Waals surface area contributed by atoms with Crippen LogP contribution < -0.4 is 0 Å². The SMILES string of the molecule is CC[C@@H](C)N([C@@H](C)CC)S(=O)(=O)c1ccc([N+](=O)[O-])cc1. The van der Waals surface area contributed by atoms with Crippen molar-refractivity contribution in [2.45, 2.75) is 57.5 Å². The number of hydrogen-bond donors (Lipinski definition) is 0. The standard InChI is InChI=1S/C14H22N2O4S/c1-5-11(3)15(12(4)6-2)21(19,20)14-9-7-13(8-10-14)16(17)18/h7-12H,5-6H2,1-4H3/t11-,12+. The summed E-state index contributed by atoms with van der Waals surface area (Å²) in [6.45, 7) is 7.61. The molecule has 0 heterocycles. The molecule has 0 unspecified atom stereocenters. The molecule has 6 nitrogen and oxygen atoms in total. The zero-order valence-corrected chi connectivity index (χ0v) is 13.6. The average molecular weight is 314 g/mol. The van der Waals surface area contributed by atoms with Crippen LogP contribution in [0.4, 0.5) is 5.69 Å². The molecule has 0 amide bonds. The summed E-state index contributed by atoms with van der Waals surface area (Å²) in [4.78, 5) is 10.2. The Balaban J connectivity index is 3.25. The maximum atomic E-state index is 12.8. The number of rotatable bonds is 7. The van der Waals surface area contributed by atoms with Crippen LogP contribution in [-0.4, -0.2) is 29.7 Å². The highest BCUT2D eigenvalue weighted by Gasteiger charge is 2.32. The van der Waals surface area contributed by atoms with E-state index in [9.17, 15) is 18.5 Å². The second kappa shape index (κ2) is 7.00. The van der Waals surface area contributed by atoms with E-state index in [1.807, 2.05) is 27.7 Å². The van der Waals surface area contributed by atoms with Gasteiger partial charge in [-0.2, -0.15) is 4.31 Å². The second-order valence-electron chi connectivity index (χ2n) is 5.10. The van der Waals surface area contributed by atoms with Crippen LogP contribution in [0.1, 0.15) is 40.5 Å². The Morgan fingerprint density at radius 2 is 1.52 bits per heavy atom. The van der Waals surface area contributed by atoms with Gasteiger partial charge in [0.2, 0.25) is 10.0 Å². The van der Waals surface area contributed by atoms with Crippen molar-refractivity contribution in [3.05, 3.63) is 34.4 Å². The molecule has 0 radical (unpaired) electrons. The van der Waals surface area contributed by atoms with Crippen molar-refractivity contribution >= 4 is 15.7 Å². The van der Waals surface area contributed by atoms with Gasteiger partial charge in [0, 0.05) is 24.2 Å². The molecule has 0 saturated heterocycles. The van der Waals surface area contributed by atoms with Gasteiger partial charge in [0.15, 0.2) is 0 Å². The summed E-state index contributed by atoms with van der Waals surface area (Å²) in [5, 5.41) is 10.7. The first-order chi connectivity index (χ1) is 9.75. The number of non-ortho nitro benzene ring substituents is 1. The highest BCUT2D eigenvalue weighted by atomic mass is 32.2. The molecule has 0 aliphatic rings. The molecule has 1 aromatic rings. The van der Waals surface area contributed by atoms with Crippen LogP contribution in [0.5, 0.6) is 0 Å². The quantitative estimate of drug-likeness (QED) is 0.572.